The molecule has 0 aromatic carbocycles. The van der Waals surface area contributed by atoms with E-state index in [0.717, 1.165) is 25.7 Å². The maximum atomic E-state index is 11.5. The zero-order valence-corrected chi connectivity index (χ0v) is 10.1. The van der Waals surface area contributed by atoms with E-state index in [9.17, 15) is 4.79 Å². The van der Waals surface area contributed by atoms with Gasteiger partial charge in [-0.2, -0.15) is 0 Å². The molecule has 4 N–H and O–H groups in total. The van der Waals surface area contributed by atoms with E-state index in [1.165, 1.54) is 10.9 Å². The highest BCUT2D eigenvalue weighted by atomic mass is 16.1. The predicted octanol–water partition coefficient (Wildman–Crippen LogP) is 1.53. The van der Waals surface area contributed by atoms with E-state index in [1.807, 2.05) is 0 Å². The van der Waals surface area contributed by atoms with Gasteiger partial charge in [-0.05, 0) is 6.42 Å². The van der Waals surface area contributed by atoms with E-state index < -0.39 is 0 Å². The van der Waals surface area contributed by atoms with Gasteiger partial charge in [0.15, 0.2) is 5.82 Å². The van der Waals surface area contributed by atoms with E-state index in [-0.39, 0.29) is 11.9 Å². The number of nitrogens with one attached hydrogen (secondary N) is 2. The van der Waals surface area contributed by atoms with Crippen LogP contribution in [0.4, 0.5) is 5.82 Å². The van der Waals surface area contributed by atoms with E-state index in [1.54, 1.807) is 6.07 Å². The van der Waals surface area contributed by atoms with Gasteiger partial charge >= 0.3 is 0 Å². The van der Waals surface area contributed by atoms with Gasteiger partial charge < -0.3 is 11.1 Å². The van der Waals surface area contributed by atoms with Crippen molar-refractivity contribution < 1.29 is 4.79 Å². The first-order valence-corrected chi connectivity index (χ1v) is 5.83. The lowest BCUT2D eigenvalue weighted by atomic mass is 10.1. The second-order valence-electron chi connectivity index (χ2n) is 3.89. The topological polar surface area (TPSA) is 96.8 Å². The Balaban J connectivity index is 2.32. The molecule has 0 radical (unpaired) electrons. The smallest absolute Gasteiger partial charge is 0.225 e. The number of rotatable bonds is 6. The molecule has 0 aliphatic rings. The largest absolute Gasteiger partial charge is 0.368 e. The van der Waals surface area contributed by atoms with Crippen LogP contribution in [0.3, 0.4) is 0 Å². The van der Waals surface area contributed by atoms with Crippen molar-refractivity contribution in [3.05, 3.63) is 12.3 Å². The number of hydrogen-bond donors (Lipinski definition) is 3. The van der Waals surface area contributed by atoms with Gasteiger partial charge in [-0.15, -0.1) is 5.10 Å². The quantitative estimate of drug-likeness (QED) is 0.397. The Morgan fingerprint density at radius 3 is 2.88 bits per heavy atom. The van der Waals surface area contributed by atoms with Gasteiger partial charge in [0.1, 0.15) is 0 Å². The summed E-state index contributed by atoms with van der Waals surface area (Å²) < 4.78 is 1.20. The summed E-state index contributed by atoms with van der Waals surface area (Å²) in [5.41, 5.74) is 5.24. The Hall–Kier alpha value is -1.85. The molecule has 0 saturated heterocycles. The summed E-state index contributed by atoms with van der Waals surface area (Å²) in [6.07, 6.45) is 6.33. The first-order valence-electron chi connectivity index (χ1n) is 5.83. The third kappa shape index (κ3) is 4.67. The summed E-state index contributed by atoms with van der Waals surface area (Å²) in [5.74, 6) is 0.212. The zero-order chi connectivity index (χ0) is 12.7. The van der Waals surface area contributed by atoms with Crippen LogP contribution in [0.5, 0.6) is 0 Å². The lowest BCUT2D eigenvalue weighted by Crippen LogP contribution is -2.21. The molecule has 0 atom stereocenters. The molecule has 0 fully saturated rings. The highest BCUT2D eigenvalue weighted by Gasteiger charge is 2.05. The van der Waals surface area contributed by atoms with Crippen LogP contribution in [0, 0.1) is 5.41 Å². The van der Waals surface area contributed by atoms with Gasteiger partial charge in [0.2, 0.25) is 11.9 Å². The van der Waals surface area contributed by atoms with Crippen molar-refractivity contribution >= 4 is 17.7 Å². The molecule has 6 heteroatoms. The number of nitrogens with two attached hydrogens (primary N) is 1. The van der Waals surface area contributed by atoms with E-state index in [4.69, 9.17) is 11.1 Å². The van der Waals surface area contributed by atoms with Crippen LogP contribution in [0.15, 0.2) is 12.3 Å². The second kappa shape index (κ2) is 6.67. The molecule has 0 aliphatic heterocycles. The molecule has 1 amide bonds. The Labute approximate surface area is 101 Å². The third-order valence-electron chi connectivity index (χ3n) is 2.36. The average molecular weight is 237 g/mol. The number of hydrogen-bond acceptors (Lipinski definition) is 3. The first-order chi connectivity index (χ1) is 8.13. The van der Waals surface area contributed by atoms with Crippen LogP contribution in [0.25, 0.3) is 0 Å². The fourth-order valence-corrected chi connectivity index (χ4v) is 1.44. The molecule has 0 spiro atoms. The summed E-state index contributed by atoms with van der Waals surface area (Å²) in [7, 11) is 0. The van der Waals surface area contributed by atoms with Gasteiger partial charge in [-0.25, -0.2) is 4.68 Å². The molecule has 6 nitrogen and oxygen atoms in total. The highest BCUT2D eigenvalue weighted by molar-refractivity contribution is 5.90. The van der Waals surface area contributed by atoms with Crippen LogP contribution < -0.4 is 11.1 Å². The Morgan fingerprint density at radius 1 is 1.53 bits per heavy atom. The van der Waals surface area contributed by atoms with Gasteiger partial charge in [0.05, 0.1) is 0 Å². The maximum absolute atomic E-state index is 11.5. The molecule has 17 heavy (non-hydrogen) atoms. The van der Waals surface area contributed by atoms with Gasteiger partial charge in [0.25, 0.3) is 0 Å². The Kier molecular flexibility index (Phi) is 5.19. The minimum Gasteiger partial charge on any atom is -0.368 e. The molecule has 0 saturated carbocycles. The number of nitrogen functional groups attached to an aromatic ring is 1. The van der Waals surface area contributed by atoms with Crippen molar-refractivity contribution in [2.24, 2.45) is 5.73 Å². The fourth-order valence-electron chi connectivity index (χ4n) is 1.44. The van der Waals surface area contributed by atoms with E-state index in [0.29, 0.717) is 12.2 Å². The fraction of sp³-hybridized carbons (Fsp3) is 0.545. The highest BCUT2D eigenvalue weighted by Crippen LogP contribution is 2.06. The van der Waals surface area contributed by atoms with Crippen molar-refractivity contribution in [2.45, 2.75) is 39.0 Å². The number of unbranched alkanes of at least 4 members (excludes halogenated alkanes) is 3. The van der Waals surface area contributed by atoms with Crippen molar-refractivity contribution in [3.8, 4) is 0 Å². The SMILES string of the molecule is CCCCCCC(=O)Nc1ccn(C(=N)N)n1. The minimum atomic E-state index is -0.173. The predicted molar refractivity (Wildman–Crippen MR) is 66.9 cm³/mol. The number of carbonyl (C=O) groups is 1. The number of aromatic nitrogens is 2. The third-order valence-corrected chi connectivity index (χ3v) is 2.36. The Bertz CT molecular complexity index is 385. The zero-order valence-electron chi connectivity index (χ0n) is 10.1. The maximum Gasteiger partial charge on any atom is 0.225 e. The minimum absolute atomic E-state index is 0.0464. The molecule has 1 rings (SSSR count). The standard InChI is InChI=1S/C11H19N5O/c1-2-3-4-5-6-10(17)14-9-7-8-16(15-9)11(12)13/h7-8H,2-6H2,1H3,(H3,12,13)(H,14,15,17). The summed E-state index contributed by atoms with van der Waals surface area (Å²) >= 11 is 0. The molecule has 1 aromatic heterocycles. The van der Waals surface area contributed by atoms with Gasteiger partial charge in [-0.3, -0.25) is 10.2 Å². The summed E-state index contributed by atoms with van der Waals surface area (Å²) in [6.45, 7) is 2.13. The summed E-state index contributed by atoms with van der Waals surface area (Å²) in [6, 6.07) is 1.62. The number of anilines is 1. The van der Waals surface area contributed by atoms with Gasteiger partial charge in [0, 0.05) is 18.7 Å². The molecule has 0 unspecified atom stereocenters. The van der Waals surface area contributed by atoms with Crippen LogP contribution in [0.2, 0.25) is 0 Å². The average Bonchev–Trinajstić information content (AvgIpc) is 2.73. The number of nitrogens with zero attached hydrogens (tertiary/aromatic N) is 2. The van der Waals surface area contributed by atoms with Crippen molar-refractivity contribution in [1.29, 1.82) is 5.41 Å². The summed E-state index contributed by atoms with van der Waals surface area (Å²) in [5, 5.41) is 13.8. The molecular weight excluding hydrogens is 218 g/mol. The van der Waals surface area contributed by atoms with Crippen molar-refractivity contribution in [3.63, 3.8) is 0 Å². The van der Waals surface area contributed by atoms with Crippen LogP contribution in [-0.4, -0.2) is 21.6 Å². The van der Waals surface area contributed by atoms with E-state index >= 15 is 0 Å². The van der Waals surface area contributed by atoms with Crippen LogP contribution in [-0.2, 0) is 4.79 Å². The molecule has 1 heterocycles. The summed E-state index contributed by atoms with van der Waals surface area (Å²) in [4.78, 5) is 11.5. The molecular formula is C11H19N5O. The lowest BCUT2D eigenvalue weighted by Gasteiger charge is -2.01. The van der Waals surface area contributed by atoms with Crippen LogP contribution in [0.1, 0.15) is 39.0 Å². The van der Waals surface area contributed by atoms with Gasteiger partial charge in [-0.1, -0.05) is 26.2 Å². The monoisotopic (exact) mass is 237 g/mol. The first kappa shape index (κ1) is 13.2. The molecule has 0 aliphatic carbocycles. The van der Waals surface area contributed by atoms with E-state index in [2.05, 4.69) is 17.3 Å². The molecule has 1 aromatic rings. The second-order valence-corrected chi connectivity index (χ2v) is 3.89. The Morgan fingerprint density at radius 2 is 2.29 bits per heavy atom. The van der Waals surface area contributed by atoms with Crippen LogP contribution >= 0.6 is 0 Å². The normalized spacial score (nSPS) is 10.2. The number of carbonyl (C=O) groups excluding carboxylic acids is 1. The molecule has 0 bridgehead atoms. The number of amides is 1. The van der Waals surface area contributed by atoms with Crippen molar-refractivity contribution in [2.75, 3.05) is 5.32 Å². The molecule has 94 valence electrons. The lowest BCUT2D eigenvalue weighted by molar-refractivity contribution is -0.116. The van der Waals surface area contributed by atoms with Crippen molar-refractivity contribution in [1.82, 2.24) is 9.78 Å².